The van der Waals surface area contributed by atoms with Gasteiger partial charge in [0.25, 0.3) is 0 Å². The van der Waals surface area contributed by atoms with E-state index in [1.54, 1.807) is 0 Å². The Morgan fingerprint density at radius 3 is 2.43 bits per heavy atom. The standard InChI is InChI=1S/C16H22N2O3/c17-16(10-4-5-11-16)15(21)18-13(8-9-14(19)20)12-6-2-1-3-7-12/h1-3,6-7,13H,4-5,8-11,17H2,(H,18,21)(H,19,20). The highest BCUT2D eigenvalue weighted by atomic mass is 16.4. The summed E-state index contributed by atoms with van der Waals surface area (Å²) in [6.45, 7) is 0. The molecule has 0 aliphatic heterocycles. The highest BCUT2D eigenvalue weighted by Gasteiger charge is 2.37. The van der Waals surface area contributed by atoms with Crippen molar-refractivity contribution < 1.29 is 14.7 Å². The summed E-state index contributed by atoms with van der Waals surface area (Å²) in [6.07, 6.45) is 3.70. The molecule has 1 aromatic carbocycles. The van der Waals surface area contributed by atoms with Crippen LogP contribution in [-0.4, -0.2) is 22.5 Å². The fourth-order valence-corrected chi connectivity index (χ4v) is 2.81. The molecule has 21 heavy (non-hydrogen) atoms. The molecule has 2 rings (SSSR count). The third kappa shape index (κ3) is 4.04. The molecule has 4 N–H and O–H groups in total. The van der Waals surface area contributed by atoms with Gasteiger partial charge in [-0.15, -0.1) is 0 Å². The van der Waals surface area contributed by atoms with Gasteiger partial charge in [0.05, 0.1) is 11.6 Å². The number of rotatable bonds is 6. The number of carbonyl (C=O) groups excluding carboxylic acids is 1. The van der Waals surface area contributed by atoms with Crippen LogP contribution in [0.2, 0.25) is 0 Å². The van der Waals surface area contributed by atoms with Crippen LogP contribution < -0.4 is 11.1 Å². The van der Waals surface area contributed by atoms with E-state index < -0.39 is 11.5 Å². The minimum absolute atomic E-state index is 0.0113. The van der Waals surface area contributed by atoms with Crippen LogP contribution in [0, 0.1) is 0 Å². The molecule has 5 nitrogen and oxygen atoms in total. The molecular weight excluding hydrogens is 268 g/mol. The Hall–Kier alpha value is -1.88. The van der Waals surface area contributed by atoms with E-state index in [2.05, 4.69) is 5.32 Å². The second kappa shape index (κ2) is 6.72. The Morgan fingerprint density at radius 1 is 1.24 bits per heavy atom. The van der Waals surface area contributed by atoms with Gasteiger partial charge in [-0.1, -0.05) is 43.2 Å². The van der Waals surface area contributed by atoms with Crippen LogP contribution in [0.5, 0.6) is 0 Å². The van der Waals surface area contributed by atoms with E-state index in [-0.39, 0.29) is 18.4 Å². The van der Waals surface area contributed by atoms with Crippen molar-refractivity contribution in [1.29, 1.82) is 0 Å². The SMILES string of the molecule is NC1(C(=O)NC(CCC(=O)O)c2ccccc2)CCCC1. The van der Waals surface area contributed by atoms with E-state index >= 15 is 0 Å². The van der Waals surface area contributed by atoms with Crippen LogP contribution >= 0.6 is 0 Å². The monoisotopic (exact) mass is 290 g/mol. The average Bonchev–Trinajstić information content (AvgIpc) is 2.92. The van der Waals surface area contributed by atoms with Gasteiger partial charge in [-0.05, 0) is 24.8 Å². The second-order valence-electron chi connectivity index (χ2n) is 5.73. The molecule has 0 saturated heterocycles. The third-order valence-electron chi connectivity index (χ3n) is 4.10. The van der Waals surface area contributed by atoms with Gasteiger partial charge in [-0.25, -0.2) is 0 Å². The number of nitrogens with one attached hydrogen (secondary N) is 1. The van der Waals surface area contributed by atoms with Crippen molar-refractivity contribution in [2.24, 2.45) is 5.73 Å². The highest BCUT2D eigenvalue weighted by molar-refractivity contribution is 5.86. The van der Waals surface area contributed by atoms with E-state index in [1.807, 2.05) is 30.3 Å². The summed E-state index contributed by atoms with van der Waals surface area (Å²) in [7, 11) is 0. The van der Waals surface area contributed by atoms with Crippen LogP contribution in [0.15, 0.2) is 30.3 Å². The van der Waals surface area contributed by atoms with E-state index in [9.17, 15) is 9.59 Å². The van der Waals surface area contributed by atoms with Crippen LogP contribution in [0.3, 0.4) is 0 Å². The first-order chi connectivity index (χ1) is 10.0. The Balaban J connectivity index is 2.08. The van der Waals surface area contributed by atoms with Gasteiger partial charge in [-0.2, -0.15) is 0 Å². The summed E-state index contributed by atoms with van der Waals surface area (Å²) >= 11 is 0. The van der Waals surface area contributed by atoms with Gasteiger partial charge in [0.1, 0.15) is 0 Å². The number of carboxylic acids is 1. The molecule has 1 saturated carbocycles. The number of aliphatic carboxylic acids is 1. The summed E-state index contributed by atoms with van der Waals surface area (Å²) in [6, 6.07) is 9.12. The van der Waals surface area contributed by atoms with Crippen molar-refractivity contribution in [2.75, 3.05) is 0 Å². The van der Waals surface area contributed by atoms with Crippen LogP contribution in [-0.2, 0) is 9.59 Å². The van der Waals surface area contributed by atoms with Gasteiger partial charge >= 0.3 is 5.97 Å². The van der Waals surface area contributed by atoms with E-state index in [0.717, 1.165) is 18.4 Å². The largest absolute Gasteiger partial charge is 0.481 e. The topological polar surface area (TPSA) is 92.4 Å². The van der Waals surface area contributed by atoms with Gasteiger partial charge in [0.15, 0.2) is 0 Å². The second-order valence-corrected chi connectivity index (χ2v) is 5.73. The van der Waals surface area contributed by atoms with Crippen molar-refractivity contribution >= 4 is 11.9 Å². The van der Waals surface area contributed by atoms with E-state index in [1.165, 1.54) is 0 Å². The summed E-state index contributed by atoms with van der Waals surface area (Å²) < 4.78 is 0. The third-order valence-corrected chi connectivity index (χ3v) is 4.10. The first-order valence-electron chi connectivity index (χ1n) is 7.38. The number of hydrogen-bond donors (Lipinski definition) is 3. The highest BCUT2D eigenvalue weighted by Crippen LogP contribution is 2.29. The molecule has 1 atom stereocenters. The molecule has 0 aromatic heterocycles. The molecule has 1 amide bonds. The predicted octanol–water partition coefficient (Wildman–Crippen LogP) is 1.98. The zero-order valence-corrected chi connectivity index (χ0v) is 12.0. The smallest absolute Gasteiger partial charge is 0.303 e. The number of carbonyl (C=O) groups is 2. The quantitative estimate of drug-likeness (QED) is 0.747. The Kier molecular flexibility index (Phi) is 4.96. The maximum atomic E-state index is 12.4. The molecule has 1 fully saturated rings. The number of carboxylic acid groups (broad SMARTS) is 1. The van der Waals surface area contributed by atoms with Crippen molar-refractivity contribution in [3.63, 3.8) is 0 Å². The lowest BCUT2D eigenvalue weighted by atomic mass is 9.95. The minimum atomic E-state index is -0.867. The molecule has 0 radical (unpaired) electrons. The van der Waals surface area contributed by atoms with Gasteiger partial charge in [0, 0.05) is 6.42 Å². The van der Waals surface area contributed by atoms with Gasteiger partial charge in [0.2, 0.25) is 5.91 Å². The first kappa shape index (κ1) is 15.5. The maximum Gasteiger partial charge on any atom is 0.303 e. The van der Waals surface area contributed by atoms with E-state index in [0.29, 0.717) is 19.3 Å². The Labute approximate surface area is 124 Å². The Bertz CT molecular complexity index is 496. The van der Waals surface area contributed by atoms with Crippen LogP contribution in [0.1, 0.15) is 50.1 Å². The summed E-state index contributed by atoms with van der Waals surface area (Å²) in [5.41, 5.74) is 6.27. The molecule has 5 heteroatoms. The van der Waals surface area contributed by atoms with Crippen molar-refractivity contribution in [3.05, 3.63) is 35.9 Å². The van der Waals surface area contributed by atoms with Crippen molar-refractivity contribution in [3.8, 4) is 0 Å². The average molecular weight is 290 g/mol. The molecule has 0 bridgehead atoms. The van der Waals surface area contributed by atoms with E-state index in [4.69, 9.17) is 10.8 Å². The van der Waals surface area contributed by atoms with Gasteiger partial charge in [-0.3, -0.25) is 9.59 Å². The lowest BCUT2D eigenvalue weighted by Crippen LogP contribution is -2.52. The maximum absolute atomic E-state index is 12.4. The number of benzene rings is 1. The zero-order chi connectivity index (χ0) is 15.3. The Morgan fingerprint density at radius 2 is 1.86 bits per heavy atom. The molecule has 1 aromatic rings. The minimum Gasteiger partial charge on any atom is -0.481 e. The number of hydrogen-bond acceptors (Lipinski definition) is 3. The summed E-state index contributed by atoms with van der Waals surface area (Å²) in [5, 5.41) is 11.8. The van der Waals surface area contributed by atoms with Crippen molar-refractivity contribution in [2.45, 2.75) is 50.1 Å². The molecule has 0 heterocycles. The molecule has 0 spiro atoms. The fraction of sp³-hybridized carbons (Fsp3) is 0.500. The number of nitrogens with two attached hydrogens (primary N) is 1. The molecule has 114 valence electrons. The van der Waals surface area contributed by atoms with Crippen LogP contribution in [0.4, 0.5) is 0 Å². The van der Waals surface area contributed by atoms with Gasteiger partial charge < -0.3 is 16.2 Å². The molecule has 1 aliphatic carbocycles. The normalized spacial score (nSPS) is 18.1. The fourth-order valence-electron chi connectivity index (χ4n) is 2.81. The van der Waals surface area contributed by atoms with Crippen molar-refractivity contribution in [1.82, 2.24) is 5.32 Å². The zero-order valence-electron chi connectivity index (χ0n) is 12.0. The predicted molar refractivity (Wildman–Crippen MR) is 79.6 cm³/mol. The lowest BCUT2D eigenvalue weighted by Gasteiger charge is -2.27. The molecule has 1 aliphatic rings. The summed E-state index contributed by atoms with van der Waals surface area (Å²) in [5.74, 6) is -1.03. The number of amides is 1. The molecular formula is C16H22N2O3. The van der Waals surface area contributed by atoms with Crippen LogP contribution in [0.25, 0.3) is 0 Å². The lowest BCUT2D eigenvalue weighted by molar-refractivity contribution is -0.137. The molecule has 1 unspecified atom stereocenters. The first-order valence-corrected chi connectivity index (χ1v) is 7.38. The summed E-state index contributed by atoms with van der Waals surface area (Å²) in [4.78, 5) is 23.2.